The van der Waals surface area contributed by atoms with E-state index in [1.807, 2.05) is 6.92 Å². The zero-order chi connectivity index (χ0) is 22.6. The van der Waals surface area contributed by atoms with Crippen molar-refractivity contribution in [2.24, 2.45) is 4.40 Å². The smallest absolute Gasteiger partial charge is 0.284 e. The van der Waals surface area contributed by atoms with Gasteiger partial charge in [0.05, 0.1) is 12.0 Å². The maximum absolute atomic E-state index is 12.7. The molecule has 2 aromatic rings. The van der Waals surface area contributed by atoms with Gasteiger partial charge in [-0.2, -0.15) is 8.42 Å². The Morgan fingerprint density at radius 3 is 2.39 bits per heavy atom. The zero-order valence-electron chi connectivity index (χ0n) is 17.4. The van der Waals surface area contributed by atoms with Gasteiger partial charge in [0.15, 0.2) is 5.17 Å². The van der Waals surface area contributed by atoms with E-state index >= 15 is 0 Å². The van der Waals surface area contributed by atoms with Crippen LogP contribution in [-0.4, -0.2) is 49.2 Å². The molecule has 1 atom stereocenters. The Hall–Kier alpha value is -2.85. The molecule has 31 heavy (non-hydrogen) atoms. The molecule has 0 saturated carbocycles. The zero-order valence-corrected chi connectivity index (χ0v) is 19.0. The van der Waals surface area contributed by atoms with Crippen LogP contribution in [0.3, 0.4) is 0 Å². The summed E-state index contributed by atoms with van der Waals surface area (Å²) in [5.41, 5.74) is 1.50. The molecule has 8 nitrogen and oxygen atoms in total. The second-order valence-corrected chi connectivity index (χ2v) is 9.61. The van der Waals surface area contributed by atoms with Gasteiger partial charge in [-0.25, -0.2) is 0 Å². The van der Waals surface area contributed by atoms with Crippen LogP contribution in [0.4, 0.5) is 5.69 Å². The van der Waals surface area contributed by atoms with Crippen molar-refractivity contribution in [3.63, 3.8) is 0 Å². The molecule has 3 rings (SSSR count). The Kier molecular flexibility index (Phi) is 7.01. The number of thioether (sulfide) groups is 1. The third kappa shape index (κ3) is 5.45. The molecular formula is C21H23N3O5S2. The van der Waals surface area contributed by atoms with Gasteiger partial charge in [0.1, 0.15) is 11.0 Å². The molecule has 1 unspecified atom stereocenters. The van der Waals surface area contributed by atoms with Crippen LogP contribution in [0.1, 0.15) is 18.9 Å². The minimum atomic E-state index is -3.97. The fourth-order valence-corrected chi connectivity index (χ4v) is 5.34. The number of benzene rings is 2. The van der Waals surface area contributed by atoms with Crippen LogP contribution < -0.4 is 10.1 Å². The number of hydrogen-bond acceptors (Lipinski definition) is 6. The molecule has 1 fully saturated rings. The Morgan fingerprint density at radius 1 is 1.16 bits per heavy atom. The van der Waals surface area contributed by atoms with Gasteiger partial charge in [-0.1, -0.05) is 29.5 Å². The molecule has 1 heterocycles. The number of carbonyl (C=O) groups excluding carboxylic acids is 2. The number of ether oxygens (including phenoxy) is 1. The van der Waals surface area contributed by atoms with Gasteiger partial charge in [-0.3, -0.25) is 14.5 Å². The van der Waals surface area contributed by atoms with E-state index in [4.69, 9.17) is 4.74 Å². The van der Waals surface area contributed by atoms with Gasteiger partial charge < -0.3 is 10.1 Å². The van der Waals surface area contributed by atoms with Crippen molar-refractivity contribution in [1.82, 2.24) is 4.90 Å². The van der Waals surface area contributed by atoms with Crippen molar-refractivity contribution in [2.75, 3.05) is 19.0 Å². The Morgan fingerprint density at radius 2 is 1.81 bits per heavy atom. The summed E-state index contributed by atoms with van der Waals surface area (Å²) in [7, 11) is -2.42. The van der Waals surface area contributed by atoms with Crippen LogP contribution in [0.25, 0.3) is 0 Å². The summed E-state index contributed by atoms with van der Waals surface area (Å²) < 4.78 is 34.3. The molecule has 10 heteroatoms. The first-order chi connectivity index (χ1) is 14.7. The molecule has 1 aliphatic rings. The predicted octanol–water partition coefficient (Wildman–Crippen LogP) is 3.04. The summed E-state index contributed by atoms with van der Waals surface area (Å²) in [4.78, 5) is 26.5. The summed E-state index contributed by atoms with van der Waals surface area (Å²) >= 11 is 0.987. The average Bonchev–Trinajstić information content (AvgIpc) is 3.02. The highest BCUT2D eigenvalue weighted by atomic mass is 32.2. The predicted molar refractivity (Wildman–Crippen MR) is 121 cm³/mol. The van der Waals surface area contributed by atoms with Gasteiger partial charge in [-0.05, 0) is 50.2 Å². The summed E-state index contributed by atoms with van der Waals surface area (Å²) in [6.07, 6.45) is -0.102. The van der Waals surface area contributed by atoms with Crippen LogP contribution in [0, 0.1) is 6.92 Å². The van der Waals surface area contributed by atoms with Gasteiger partial charge >= 0.3 is 0 Å². The lowest BCUT2D eigenvalue weighted by Crippen LogP contribution is -2.33. The number of aryl methyl sites for hydroxylation is 1. The quantitative estimate of drug-likeness (QED) is 0.680. The van der Waals surface area contributed by atoms with Gasteiger partial charge in [0.25, 0.3) is 10.0 Å². The van der Waals surface area contributed by atoms with Crippen molar-refractivity contribution in [1.29, 1.82) is 0 Å². The number of anilines is 1. The normalized spacial score (nSPS) is 17.8. The first-order valence-corrected chi connectivity index (χ1v) is 11.9. The van der Waals surface area contributed by atoms with Crippen LogP contribution in [0.2, 0.25) is 0 Å². The van der Waals surface area contributed by atoms with Gasteiger partial charge in [-0.15, -0.1) is 4.40 Å². The lowest BCUT2D eigenvalue weighted by molar-refractivity contribution is -0.128. The number of rotatable bonds is 7. The Bertz CT molecular complexity index is 1100. The molecule has 0 aliphatic carbocycles. The van der Waals surface area contributed by atoms with Crippen molar-refractivity contribution in [3.05, 3.63) is 54.1 Å². The number of sulfonamides is 1. The molecule has 0 aromatic heterocycles. The molecule has 2 amide bonds. The monoisotopic (exact) mass is 461 g/mol. The van der Waals surface area contributed by atoms with Crippen molar-refractivity contribution in [2.45, 2.75) is 30.4 Å². The van der Waals surface area contributed by atoms with Crippen molar-refractivity contribution >= 4 is 44.5 Å². The fourth-order valence-electron chi connectivity index (χ4n) is 2.92. The van der Waals surface area contributed by atoms with E-state index in [1.165, 1.54) is 17.0 Å². The standard InChI is InChI=1S/C21H23N3O5S2/c1-4-24-20(26)18(13-19(25)22-15-7-9-16(29-3)10-8-15)30-21(24)23-31(27,28)17-11-5-14(2)6-12-17/h5-12,18H,4,13H2,1-3H3,(H,22,25)/b23-21+. The highest BCUT2D eigenvalue weighted by Crippen LogP contribution is 2.31. The maximum atomic E-state index is 12.7. The average molecular weight is 462 g/mol. The second kappa shape index (κ2) is 9.52. The van der Waals surface area contributed by atoms with E-state index in [2.05, 4.69) is 9.71 Å². The first-order valence-electron chi connectivity index (χ1n) is 9.57. The number of amides is 2. The third-order valence-electron chi connectivity index (χ3n) is 4.60. The number of amidine groups is 1. The van der Waals surface area contributed by atoms with Gasteiger partial charge in [0, 0.05) is 18.7 Å². The number of hydrogen-bond donors (Lipinski definition) is 1. The van der Waals surface area contributed by atoms with Crippen LogP contribution in [0.5, 0.6) is 5.75 Å². The lowest BCUT2D eigenvalue weighted by atomic mass is 10.2. The lowest BCUT2D eigenvalue weighted by Gasteiger charge is -2.13. The number of nitrogens with zero attached hydrogens (tertiary/aromatic N) is 2. The molecule has 1 saturated heterocycles. The Balaban J connectivity index is 1.73. The molecule has 1 aliphatic heterocycles. The molecule has 0 radical (unpaired) electrons. The van der Waals surface area contributed by atoms with E-state index in [1.54, 1.807) is 50.4 Å². The minimum absolute atomic E-state index is 0.0513. The molecule has 2 aromatic carbocycles. The maximum Gasteiger partial charge on any atom is 0.284 e. The van der Waals surface area contributed by atoms with E-state index in [-0.39, 0.29) is 34.8 Å². The van der Waals surface area contributed by atoms with Gasteiger partial charge in [0.2, 0.25) is 11.8 Å². The van der Waals surface area contributed by atoms with Crippen LogP contribution in [0.15, 0.2) is 57.8 Å². The molecular weight excluding hydrogens is 438 g/mol. The molecule has 0 bridgehead atoms. The van der Waals surface area contributed by atoms with Crippen LogP contribution >= 0.6 is 11.8 Å². The summed E-state index contributed by atoms with van der Waals surface area (Å²) in [5.74, 6) is -0.0290. The Labute approximate surface area is 185 Å². The van der Waals surface area contributed by atoms with E-state index in [9.17, 15) is 18.0 Å². The SMILES string of the molecule is CCN1C(=O)C(CC(=O)Nc2ccc(OC)cc2)S/C1=N/S(=O)(=O)c1ccc(C)cc1. The topological polar surface area (TPSA) is 105 Å². The molecule has 0 spiro atoms. The van der Waals surface area contributed by atoms with E-state index in [0.717, 1.165) is 17.3 Å². The summed E-state index contributed by atoms with van der Waals surface area (Å²) in [5, 5.41) is 2.06. The summed E-state index contributed by atoms with van der Waals surface area (Å²) in [6.45, 7) is 3.84. The minimum Gasteiger partial charge on any atom is -0.497 e. The van der Waals surface area contributed by atoms with Crippen molar-refractivity contribution in [3.8, 4) is 5.75 Å². The number of methoxy groups -OCH3 is 1. The highest BCUT2D eigenvalue weighted by molar-refractivity contribution is 8.16. The van der Waals surface area contributed by atoms with Crippen molar-refractivity contribution < 1.29 is 22.7 Å². The second-order valence-electron chi connectivity index (χ2n) is 6.83. The summed E-state index contributed by atoms with van der Waals surface area (Å²) in [6, 6.07) is 13.1. The third-order valence-corrected chi connectivity index (χ3v) is 7.17. The first kappa shape index (κ1) is 22.8. The van der Waals surface area contributed by atoms with E-state index < -0.39 is 15.3 Å². The number of carbonyl (C=O) groups is 2. The molecule has 1 N–H and O–H groups in total. The number of nitrogens with one attached hydrogen (secondary N) is 1. The highest BCUT2D eigenvalue weighted by Gasteiger charge is 2.39. The largest absolute Gasteiger partial charge is 0.497 e. The molecule has 164 valence electrons. The van der Waals surface area contributed by atoms with E-state index in [0.29, 0.717) is 11.4 Å². The van der Waals surface area contributed by atoms with Crippen LogP contribution in [-0.2, 0) is 19.6 Å². The fraction of sp³-hybridized carbons (Fsp3) is 0.286.